The largest absolute Gasteiger partial charge is 0.398 e. The molecule has 0 radical (unpaired) electrons. The van der Waals surface area contributed by atoms with Gasteiger partial charge in [0.2, 0.25) is 0 Å². The number of anilines is 1. The number of rotatable bonds is 1. The van der Waals surface area contributed by atoms with Gasteiger partial charge in [-0.2, -0.15) is 0 Å². The zero-order chi connectivity index (χ0) is 8.43. The highest BCUT2D eigenvalue weighted by molar-refractivity contribution is 9.10. The van der Waals surface area contributed by atoms with E-state index in [0.717, 1.165) is 21.5 Å². The minimum atomic E-state index is 0.687. The van der Waals surface area contributed by atoms with Gasteiger partial charge < -0.3 is 5.73 Å². The molecule has 0 aliphatic heterocycles. The fraction of sp³-hybridized carbons (Fsp3) is 0.250. The molecule has 0 aromatic heterocycles. The third-order valence-electron chi connectivity index (χ3n) is 1.55. The van der Waals surface area contributed by atoms with Crippen molar-refractivity contribution < 1.29 is 0 Å². The maximum Gasteiger partial charge on any atom is 0.0473 e. The summed E-state index contributed by atoms with van der Waals surface area (Å²) < 4.78 is 0.916. The molecular weight excluding hydrogens is 225 g/mol. The van der Waals surface area contributed by atoms with E-state index in [-0.39, 0.29) is 0 Å². The summed E-state index contributed by atoms with van der Waals surface area (Å²) in [6, 6.07) is 3.72. The van der Waals surface area contributed by atoms with E-state index in [1.807, 2.05) is 6.07 Å². The van der Waals surface area contributed by atoms with Gasteiger partial charge in [0, 0.05) is 15.2 Å². The van der Waals surface area contributed by atoms with E-state index in [9.17, 15) is 0 Å². The van der Waals surface area contributed by atoms with Crippen molar-refractivity contribution in [2.75, 3.05) is 5.73 Å². The second-order valence-electron chi connectivity index (χ2n) is 2.32. The minimum Gasteiger partial charge on any atom is -0.398 e. The first kappa shape index (κ1) is 8.88. The average molecular weight is 235 g/mol. The Morgan fingerprint density at radius 1 is 1.55 bits per heavy atom. The van der Waals surface area contributed by atoms with Gasteiger partial charge in [-0.25, -0.2) is 0 Å². The molecule has 2 N–H and O–H groups in total. The maximum absolute atomic E-state index is 5.90. The van der Waals surface area contributed by atoms with Gasteiger partial charge in [-0.05, 0) is 40.0 Å². The van der Waals surface area contributed by atoms with Crippen LogP contribution in [0.15, 0.2) is 16.6 Å². The molecule has 0 atom stereocenters. The standard InChI is InChI=1S/C8H9BrClN/c1-2-5-3-6(9)8(11)4-7(5)10/h3-4H,2,11H2,1H3. The SMILES string of the molecule is CCc1cc(Br)c(N)cc1Cl. The van der Waals surface area contributed by atoms with Crippen LogP contribution < -0.4 is 5.73 Å². The van der Waals surface area contributed by atoms with E-state index in [4.69, 9.17) is 17.3 Å². The maximum atomic E-state index is 5.90. The lowest BCUT2D eigenvalue weighted by Gasteiger charge is -2.03. The summed E-state index contributed by atoms with van der Waals surface area (Å²) in [6.07, 6.45) is 0.928. The third-order valence-corrected chi connectivity index (χ3v) is 2.59. The summed E-state index contributed by atoms with van der Waals surface area (Å²) in [4.78, 5) is 0. The van der Waals surface area contributed by atoms with Crippen molar-refractivity contribution in [1.29, 1.82) is 0 Å². The Labute approximate surface area is 79.7 Å². The average Bonchev–Trinajstić information content (AvgIpc) is 1.97. The Morgan fingerprint density at radius 2 is 2.18 bits per heavy atom. The van der Waals surface area contributed by atoms with E-state index in [2.05, 4.69) is 22.9 Å². The van der Waals surface area contributed by atoms with Gasteiger partial charge in [0.05, 0.1) is 0 Å². The van der Waals surface area contributed by atoms with Crippen LogP contribution in [-0.4, -0.2) is 0 Å². The first-order chi connectivity index (χ1) is 5.15. The quantitative estimate of drug-likeness (QED) is 0.742. The van der Waals surface area contributed by atoms with E-state index >= 15 is 0 Å². The highest BCUT2D eigenvalue weighted by Crippen LogP contribution is 2.27. The Bertz CT molecular complexity index is 273. The zero-order valence-electron chi connectivity index (χ0n) is 6.20. The van der Waals surface area contributed by atoms with Crippen LogP contribution in [-0.2, 0) is 6.42 Å². The minimum absolute atomic E-state index is 0.687. The van der Waals surface area contributed by atoms with Gasteiger partial charge >= 0.3 is 0 Å². The Balaban J connectivity index is 3.21. The lowest BCUT2D eigenvalue weighted by molar-refractivity contribution is 1.14. The summed E-state index contributed by atoms with van der Waals surface area (Å²) in [5.41, 5.74) is 7.42. The van der Waals surface area contributed by atoms with Crippen molar-refractivity contribution in [3.63, 3.8) is 0 Å². The van der Waals surface area contributed by atoms with Gasteiger partial charge in [-0.3, -0.25) is 0 Å². The highest BCUT2D eigenvalue weighted by atomic mass is 79.9. The second kappa shape index (κ2) is 3.46. The van der Waals surface area contributed by atoms with Crippen molar-refractivity contribution in [2.45, 2.75) is 13.3 Å². The van der Waals surface area contributed by atoms with E-state index in [0.29, 0.717) is 5.69 Å². The fourth-order valence-corrected chi connectivity index (χ4v) is 1.57. The molecule has 60 valence electrons. The zero-order valence-corrected chi connectivity index (χ0v) is 8.54. The topological polar surface area (TPSA) is 26.0 Å². The number of nitrogens with two attached hydrogens (primary N) is 1. The van der Waals surface area contributed by atoms with Gasteiger partial charge in [-0.15, -0.1) is 0 Å². The highest BCUT2D eigenvalue weighted by Gasteiger charge is 2.01. The first-order valence-corrected chi connectivity index (χ1v) is 4.55. The predicted octanol–water partition coefficient (Wildman–Crippen LogP) is 3.25. The Hall–Kier alpha value is -0.210. The molecule has 11 heavy (non-hydrogen) atoms. The lowest BCUT2D eigenvalue weighted by atomic mass is 10.1. The number of benzene rings is 1. The molecule has 1 rings (SSSR count). The summed E-state index contributed by atoms with van der Waals surface area (Å²) in [5.74, 6) is 0. The van der Waals surface area contributed by atoms with E-state index in [1.165, 1.54) is 0 Å². The van der Waals surface area contributed by atoms with Crippen LogP contribution in [0.1, 0.15) is 12.5 Å². The van der Waals surface area contributed by atoms with Crippen LogP contribution in [0.3, 0.4) is 0 Å². The van der Waals surface area contributed by atoms with E-state index < -0.39 is 0 Å². The third kappa shape index (κ3) is 1.88. The van der Waals surface area contributed by atoms with Gasteiger partial charge in [0.15, 0.2) is 0 Å². The Morgan fingerprint density at radius 3 is 2.73 bits per heavy atom. The summed E-state index contributed by atoms with van der Waals surface area (Å²) in [5, 5.41) is 0.744. The predicted molar refractivity (Wildman–Crippen MR) is 52.9 cm³/mol. The number of hydrogen-bond acceptors (Lipinski definition) is 1. The van der Waals surface area contributed by atoms with Crippen LogP contribution in [0.25, 0.3) is 0 Å². The first-order valence-electron chi connectivity index (χ1n) is 3.38. The van der Waals surface area contributed by atoms with Crippen LogP contribution in [0.4, 0.5) is 5.69 Å². The van der Waals surface area contributed by atoms with Crippen LogP contribution in [0, 0.1) is 0 Å². The molecule has 0 amide bonds. The molecule has 0 aliphatic rings. The van der Waals surface area contributed by atoms with Gasteiger partial charge in [-0.1, -0.05) is 18.5 Å². The van der Waals surface area contributed by atoms with Crippen molar-refractivity contribution in [2.24, 2.45) is 0 Å². The lowest BCUT2D eigenvalue weighted by Crippen LogP contribution is -1.89. The Kier molecular flexibility index (Phi) is 2.79. The molecule has 0 spiro atoms. The van der Waals surface area contributed by atoms with Crippen molar-refractivity contribution in [1.82, 2.24) is 0 Å². The van der Waals surface area contributed by atoms with Crippen molar-refractivity contribution in [3.8, 4) is 0 Å². The molecule has 0 heterocycles. The number of hydrogen-bond donors (Lipinski definition) is 1. The molecule has 1 aromatic carbocycles. The smallest absolute Gasteiger partial charge is 0.0473 e. The molecule has 1 nitrogen and oxygen atoms in total. The number of halogens is 2. The number of aryl methyl sites for hydroxylation is 1. The summed E-state index contributed by atoms with van der Waals surface area (Å²) in [7, 11) is 0. The molecule has 0 saturated carbocycles. The molecule has 0 unspecified atom stereocenters. The normalized spacial score (nSPS) is 10.1. The summed E-state index contributed by atoms with van der Waals surface area (Å²) in [6.45, 7) is 2.06. The van der Waals surface area contributed by atoms with Crippen molar-refractivity contribution in [3.05, 3.63) is 27.2 Å². The second-order valence-corrected chi connectivity index (χ2v) is 3.58. The monoisotopic (exact) mass is 233 g/mol. The fourth-order valence-electron chi connectivity index (χ4n) is 0.874. The van der Waals surface area contributed by atoms with Gasteiger partial charge in [0.1, 0.15) is 0 Å². The van der Waals surface area contributed by atoms with Crippen molar-refractivity contribution >= 4 is 33.2 Å². The van der Waals surface area contributed by atoms with Crippen LogP contribution in [0.2, 0.25) is 5.02 Å². The molecule has 0 saturated heterocycles. The molecule has 0 aliphatic carbocycles. The molecule has 0 fully saturated rings. The molecular formula is C8H9BrClN. The molecule has 1 aromatic rings. The van der Waals surface area contributed by atoms with Gasteiger partial charge in [0.25, 0.3) is 0 Å². The molecule has 3 heteroatoms. The van der Waals surface area contributed by atoms with E-state index in [1.54, 1.807) is 6.07 Å². The molecule has 0 bridgehead atoms. The van der Waals surface area contributed by atoms with Crippen LogP contribution >= 0.6 is 27.5 Å². The summed E-state index contributed by atoms with van der Waals surface area (Å²) >= 11 is 9.24. The number of nitrogen functional groups attached to an aromatic ring is 1. The van der Waals surface area contributed by atoms with Crippen LogP contribution in [0.5, 0.6) is 0 Å².